The van der Waals surface area contributed by atoms with Gasteiger partial charge in [0, 0.05) is 6.04 Å². The topological polar surface area (TPSA) is 69.6 Å². The Hall–Kier alpha value is -1.55. The molecule has 1 aromatic carbocycles. The van der Waals surface area contributed by atoms with E-state index in [1.54, 1.807) is 12.1 Å². The highest BCUT2D eigenvalue weighted by Crippen LogP contribution is 2.18. The van der Waals surface area contributed by atoms with Crippen LogP contribution in [0.25, 0.3) is 0 Å². The number of carboxylic acids is 1. The molecule has 0 amide bonds. The summed E-state index contributed by atoms with van der Waals surface area (Å²) in [5.41, 5.74) is 1.04. The number of aliphatic carboxylic acids is 1. The lowest BCUT2D eigenvalue weighted by Crippen LogP contribution is -2.47. The van der Waals surface area contributed by atoms with Gasteiger partial charge >= 0.3 is 5.97 Å². The van der Waals surface area contributed by atoms with E-state index < -0.39 is 12.0 Å². The summed E-state index contributed by atoms with van der Waals surface area (Å²) in [6, 6.07) is 6.88. The number of aromatic hydroxyl groups is 1. The molecule has 1 aromatic rings. The molecule has 0 bridgehead atoms. The maximum atomic E-state index is 10.9. The number of phenols is 1. The number of nitrogens with one attached hydrogen (secondary N) is 1. The van der Waals surface area contributed by atoms with Crippen molar-refractivity contribution in [3.05, 3.63) is 29.8 Å². The molecule has 0 radical (unpaired) electrons. The Labute approximate surface area is 100 Å². The van der Waals surface area contributed by atoms with Gasteiger partial charge < -0.3 is 15.5 Å². The number of piperidine rings is 1. The molecule has 1 heterocycles. The fraction of sp³-hybridized carbons (Fsp3) is 0.462. The van der Waals surface area contributed by atoms with Crippen molar-refractivity contribution in [3.8, 4) is 5.75 Å². The summed E-state index contributed by atoms with van der Waals surface area (Å²) < 4.78 is 0. The number of hydrogen-bond acceptors (Lipinski definition) is 3. The Balaban J connectivity index is 1.97. The summed E-state index contributed by atoms with van der Waals surface area (Å²) in [7, 11) is 0. The SMILES string of the molecule is O=C(O)C1CCCC(Cc2cccc(O)c2)N1. The monoisotopic (exact) mass is 235 g/mol. The molecule has 1 fully saturated rings. The molecule has 1 aliphatic heterocycles. The first-order valence-electron chi connectivity index (χ1n) is 5.92. The Morgan fingerprint density at radius 2 is 2.24 bits per heavy atom. The summed E-state index contributed by atoms with van der Waals surface area (Å²) in [5.74, 6) is -0.515. The van der Waals surface area contributed by atoms with E-state index in [-0.39, 0.29) is 11.8 Å². The van der Waals surface area contributed by atoms with Crippen LogP contribution in [0.15, 0.2) is 24.3 Å². The molecule has 4 nitrogen and oxygen atoms in total. The third kappa shape index (κ3) is 3.20. The minimum absolute atomic E-state index is 0.187. The molecule has 17 heavy (non-hydrogen) atoms. The predicted octanol–water partition coefficient (Wildman–Crippen LogP) is 1.53. The van der Waals surface area contributed by atoms with Crippen LogP contribution in [0.1, 0.15) is 24.8 Å². The second kappa shape index (κ2) is 5.19. The third-order valence-electron chi connectivity index (χ3n) is 3.17. The molecule has 3 N–H and O–H groups in total. The van der Waals surface area contributed by atoms with Crippen molar-refractivity contribution in [1.82, 2.24) is 5.32 Å². The number of carboxylic acid groups (broad SMARTS) is 1. The molecule has 1 saturated heterocycles. The summed E-state index contributed by atoms with van der Waals surface area (Å²) in [4.78, 5) is 10.9. The molecule has 0 aromatic heterocycles. The van der Waals surface area contributed by atoms with E-state index in [2.05, 4.69) is 5.32 Å². The van der Waals surface area contributed by atoms with Crippen molar-refractivity contribution in [3.63, 3.8) is 0 Å². The summed E-state index contributed by atoms with van der Waals surface area (Å²) >= 11 is 0. The second-order valence-corrected chi connectivity index (χ2v) is 4.56. The Kier molecular flexibility index (Phi) is 3.64. The highest BCUT2D eigenvalue weighted by molar-refractivity contribution is 5.73. The van der Waals surface area contributed by atoms with E-state index >= 15 is 0 Å². The van der Waals surface area contributed by atoms with Crippen LogP contribution < -0.4 is 5.32 Å². The van der Waals surface area contributed by atoms with Gasteiger partial charge in [0.05, 0.1) is 0 Å². The summed E-state index contributed by atoms with van der Waals surface area (Å²) in [5, 5.41) is 21.5. The van der Waals surface area contributed by atoms with Gasteiger partial charge in [-0.3, -0.25) is 4.79 Å². The van der Waals surface area contributed by atoms with Crippen LogP contribution in [0.5, 0.6) is 5.75 Å². The maximum Gasteiger partial charge on any atom is 0.320 e. The van der Waals surface area contributed by atoms with Crippen LogP contribution in [-0.2, 0) is 11.2 Å². The van der Waals surface area contributed by atoms with Crippen LogP contribution in [0.4, 0.5) is 0 Å². The third-order valence-corrected chi connectivity index (χ3v) is 3.17. The second-order valence-electron chi connectivity index (χ2n) is 4.56. The lowest BCUT2D eigenvalue weighted by Gasteiger charge is -2.28. The van der Waals surface area contributed by atoms with Gasteiger partial charge in [-0.15, -0.1) is 0 Å². The van der Waals surface area contributed by atoms with E-state index in [1.807, 2.05) is 12.1 Å². The number of hydrogen-bond donors (Lipinski definition) is 3. The van der Waals surface area contributed by atoms with Crippen molar-refractivity contribution in [1.29, 1.82) is 0 Å². The van der Waals surface area contributed by atoms with Crippen LogP contribution in [0.3, 0.4) is 0 Å². The van der Waals surface area contributed by atoms with Gasteiger partial charge in [0.15, 0.2) is 0 Å². The van der Waals surface area contributed by atoms with E-state index in [0.717, 1.165) is 24.8 Å². The largest absolute Gasteiger partial charge is 0.508 e. The lowest BCUT2D eigenvalue weighted by molar-refractivity contribution is -0.140. The Morgan fingerprint density at radius 3 is 2.94 bits per heavy atom. The molecule has 0 spiro atoms. The standard InChI is InChI=1S/C13H17NO3/c15-11-5-1-3-9(8-11)7-10-4-2-6-12(14-10)13(16)17/h1,3,5,8,10,12,14-15H,2,4,6-7H2,(H,16,17). The summed E-state index contributed by atoms with van der Waals surface area (Å²) in [6.45, 7) is 0. The maximum absolute atomic E-state index is 10.9. The molecular weight excluding hydrogens is 218 g/mol. The first-order chi connectivity index (χ1) is 8.15. The average molecular weight is 235 g/mol. The number of rotatable bonds is 3. The first kappa shape index (κ1) is 11.9. The number of benzene rings is 1. The normalized spacial score (nSPS) is 24.5. The number of phenolic OH excluding ortho intramolecular Hbond substituents is 1. The highest BCUT2D eigenvalue weighted by Gasteiger charge is 2.25. The van der Waals surface area contributed by atoms with Gasteiger partial charge in [-0.2, -0.15) is 0 Å². The molecular formula is C13H17NO3. The van der Waals surface area contributed by atoms with Gasteiger partial charge in [0.2, 0.25) is 0 Å². The van der Waals surface area contributed by atoms with Crippen LogP contribution >= 0.6 is 0 Å². The zero-order valence-electron chi connectivity index (χ0n) is 9.60. The van der Waals surface area contributed by atoms with Crippen molar-refractivity contribution in [2.24, 2.45) is 0 Å². The molecule has 2 rings (SSSR count). The zero-order valence-corrected chi connectivity index (χ0v) is 9.60. The molecule has 2 atom stereocenters. The first-order valence-corrected chi connectivity index (χ1v) is 5.92. The van der Waals surface area contributed by atoms with Gasteiger partial charge in [-0.05, 0) is 43.4 Å². The van der Waals surface area contributed by atoms with Gasteiger partial charge in [0.1, 0.15) is 11.8 Å². The van der Waals surface area contributed by atoms with Crippen molar-refractivity contribution >= 4 is 5.97 Å². The van der Waals surface area contributed by atoms with Crippen LogP contribution in [-0.4, -0.2) is 28.3 Å². The smallest absolute Gasteiger partial charge is 0.320 e. The fourth-order valence-electron chi connectivity index (χ4n) is 2.34. The van der Waals surface area contributed by atoms with E-state index in [9.17, 15) is 9.90 Å². The van der Waals surface area contributed by atoms with Crippen molar-refractivity contribution in [2.75, 3.05) is 0 Å². The van der Waals surface area contributed by atoms with Gasteiger partial charge in [0.25, 0.3) is 0 Å². The molecule has 0 saturated carbocycles. The Morgan fingerprint density at radius 1 is 1.41 bits per heavy atom. The molecule has 92 valence electrons. The van der Waals surface area contributed by atoms with Crippen molar-refractivity contribution in [2.45, 2.75) is 37.8 Å². The average Bonchev–Trinajstić information content (AvgIpc) is 2.29. The zero-order chi connectivity index (χ0) is 12.3. The molecule has 0 aliphatic carbocycles. The minimum Gasteiger partial charge on any atom is -0.508 e. The van der Waals surface area contributed by atoms with Gasteiger partial charge in [-0.25, -0.2) is 0 Å². The quantitative estimate of drug-likeness (QED) is 0.743. The Bertz CT molecular complexity index is 405. The molecule has 4 heteroatoms. The van der Waals surface area contributed by atoms with E-state index in [4.69, 9.17) is 5.11 Å². The minimum atomic E-state index is -0.773. The summed E-state index contributed by atoms with van der Waals surface area (Å²) in [6.07, 6.45) is 3.39. The van der Waals surface area contributed by atoms with Crippen LogP contribution in [0.2, 0.25) is 0 Å². The van der Waals surface area contributed by atoms with E-state index in [0.29, 0.717) is 6.42 Å². The highest BCUT2D eigenvalue weighted by atomic mass is 16.4. The number of carbonyl (C=O) groups is 1. The lowest BCUT2D eigenvalue weighted by atomic mass is 9.94. The van der Waals surface area contributed by atoms with Gasteiger partial charge in [-0.1, -0.05) is 12.1 Å². The fourth-order valence-corrected chi connectivity index (χ4v) is 2.34. The predicted molar refractivity (Wildman–Crippen MR) is 64.0 cm³/mol. The molecule has 1 aliphatic rings. The molecule has 2 unspecified atom stereocenters. The van der Waals surface area contributed by atoms with E-state index in [1.165, 1.54) is 0 Å². The van der Waals surface area contributed by atoms with Crippen molar-refractivity contribution < 1.29 is 15.0 Å². The van der Waals surface area contributed by atoms with Crippen LogP contribution in [0, 0.1) is 0 Å².